The molecule has 0 amide bonds. The van der Waals surface area contributed by atoms with Gasteiger partial charge in [0.25, 0.3) is 5.56 Å². The third kappa shape index (κ3) is 4.09. The maximum Gasteiger partial charge on any atom is 0.262 e. The van der Waals surface area contributed by atoms with E-state index in [1.165, 1.54) is 27.8 Å². The van der Waals surface area contributed by atoms with Crippen LogP contribution in [0.15, 0.2) is 35.4 Å². The lowest BCUT2D eigenvalue weighted by Crippen LogP contribution is -2.29. The van der Waals surface area contributed by atoms with E-state index in [4.69, 9.17) is 16.3 Å². The summed E-state index contributed by atoms with van der Waals surface area (Å²) in [7, 11) is 0. The SMILES string of the molecule is O=c1c2c3c(sc2ncn1C[C@H](O)COCc1ccc(Cl)cc1)CCCC3. The summed E-state index contributed by atoms with van der Waals surface area (Å²) in [4.78, 5) is 19.5. The fourth-order valence-electron chi connectivity index (χ4n) is 3.48. The predicted octanol–water partition coefficient (Wildman–Crippen LogP) is 3.57. The van der Waals surface area contributed by atoms with E-state index < -0.39 is 6.10 Å². The zero-order chi connectivity index (χ0) is 18.8. The Kier molecular flexibility index (Phi) is 5.59. The van der Waals surface area contributed by atoms with Crippen molar-refractivity contribution in [1.29, 1.82) is 0 Å². The molecule has 1 atom stereocenters. The van der Waals surface area contributed by atoms with Crippen molar-refractivity contribution in [1.82, 2.24) is 9.55 Å². The molecular formula is C20H21ClN2O3S. The maximum atomic E-state index is 12.9. The minimum Gasteiger partial charge on any atom is -0.389 e. The number of hydrogen-bond acceptors (Lipinski definition) is 5. The van der Waals surface area contributed by atoms with E-state index in [9.17, 15) is 9.90 Å². The number of aliphatic hydroxyl groups excluding tert-OH is 1. The topological polar surface area (TPSA) is 64.4 Å². The van der Waals surface area contributed by atoms with Gasteiger partial charge < -0.3 is 9.84 Å². The highest BCUT2D eigenvalue weighted by Crippen LogP contribution is 2.33. The lowest BCUT2D eigenvalue weighted by atomic mass is 9.97. The average Bonchev–Trinajstić information content (AvgIpc) is 3.05. The smallest absolute Gasteiger partial charge is 0.262 e. The van der Waals surface area contributed by atoms with Crippen LogP contribution in [0.2, 0.25) is 5.02 Å². The quantitative estimate of drug-likeness (QED) is 0.682. The number of fused-ring (bicyclic) bond motifs is 3. The van der Waals surface area contributed by atoms with Crippen LogP contribution in [0.3, 0.4) is 0 Å². The first-order chi connectivity index (χ1) is 13.1. The van der Waals surface area contributed by atoms with Gasteiger partial charge in [0.1, 0.15) is 4.83 Å². The highest BCUT2D eigenvalue weighted by atomic mass is 35.5. The standard InChI is InChI=1S/C20H21ClN2O3S/c21-14-7-5-13(6-8-14)10-26-11-15(24)9-23-12-22-19-18(20(23)25)16-3-1-2-4-17(16)27-19/h5-8,12,15,24H,1-4,9-11H2/t15-/m0/s1. The van der Waals surface area contributed by atoms with Crippen LogP contribution >= 0.6 is 22.9 Å². The van der Waals surface area contributed by atoms with Crippen molar-refractivity contribution in [3.8, 4) is 0 Å². The van der Waals surface area contributed by atoms with Gasteiger partial charge in [-0.05, 0) is 48.9 Å². The molecule has 2 aromatic heterocycles. The van der Waals surface area contributed by atoms with Crippen molar-refractivity contribution in [2.75, 3.05) is 6.61 Å². The van der Waals surface area contributed by atoms with Gasteiger partial charge in [-0.1, -0.05) is 23.7 Å². The second-order valence-corrected chi connectivity index (χ2v) is 8.41. The first-order valence-corrected chi connectivity index (χ1v) is 10.3. The van der Waals surface area contributed by atoms with Crippen LogP contribution < -0.4 is 5.56 Å². The molecule has 4 rings (SSSR count). The van der Waals surface area contributed by atoms with E-state index in [0.717, 1.165) is 35.0 Å². The van der Waals surface area contributed by atoms with Crippen molar-refractivity contribution in [2.45, 2.75) is 44.9 Å². The molecule has 0 fully saturated rings. The second kappa shape index (κ2) is 8.10. The largest absolute Gasteiger partial charge is 0.389 e. The average molecular weight is 405 g/mol. The molecule has 1 aromatic carbocycles. The Morgan fingerprint density at radius 2 is 2.04 bits per heavy atom. The minimum atomic E-state index is -0.774. The number of aryl methyl sites for hydroxylation is 2. The van der Waals surface area contributed by atoms with Crippen molar-refractivity contribution >= 4 is 33.2 Å². The summed E-state index contributed by atoms with van der Waals surface area (Å²) in [5.41, 5.74) is 2.09. The van der Waals surface area contributed by atoms with E-state index >= 15 is 0 Å². The first kappa shape index (κ1) is 18.6. The second-order valence-electron chi connectivity index (χ2n) is 6.89. The molecule has 2 heterocycles. The van der Waals surface area contributed by atoms with Gasteiger partial charge in [0.2, 0.25) is 0 Å². The lowest BCUT2D eigenvalue weighted by Gasteiger charge is -2.14. The van der Waals surface area contributed by atoms with Crippen molar-refractivity contribution < 1.29 is 9.84 Å². The molecule has 1 N–H and O–H groups in total. The zero-order valence-corrected chi connectivity index (χ0v) is 16.4. The van der Waals surface area contributed by atoms with Gasteiger partial charge in [-0.25, -0.2) is 4.98 Å². The maximum absolute atomic E-state index is 12.9. The van der Waals surface area contributed by atoms with Crippen LogP contribution in [0.4, 0.5) is 0 Å². The van der Waals surface area contributed by atoms with Crippen LogP contribution in [0, 0.1) is 0 Å². The number of halogens is 1. The minimum absolute atomic E-state index is 0.0591. The van der Waals surface area contributed by atoms with E-state index in [2.05, 4.69) is 4.98 Å². The van der Waals surface area contributed by atoms with Gasteiger partial charge in [-0.2, -0.15) is 0 Å². The van der Waals surface area contributed by atoms with E-state index in [1.807, 2.05) is 12.1 Å². The molecule has 0 radical (unpaired) electrons. The Bertz CT molecular complexity index is 997. The van der Waals surface area contributed by atoms with Gasteiger partial charge in [-0.15, -0.1) is 11.3 Å². The van der Waals surface area contributed by atoms with E-state index in [0.29, 0.717) is 11.6 Å². The number of ether oxygens (including phenoxy) is 1. The lowest BCUT2D eigenvalue weighted by molar-refractivity contribution is 0.0198. The molecule has 0 spiro atoms. The van der Waals surface area contributed by atoms with E-state index in [-0.39, 0.29) is 18.7 Å². The van der Waals surface area contributed by atoms with Crippen molar-refractivity contribution in [3.63, 3.8) is 0 Å². The Balaban J connectivity index is 1.42. The molecule has 5 nitrogen and oxygen atoms in total. The zero-order valence-electron chi connectivity index (χ0n) is 14.9. The number of thiophene rings is 1. The molecule has 1 aliphatic rings. The predicted molar refractivity (Wildman–Crippen MR) is 108 cm³/mol. The Labute approximate surface area is 166 Å². The van der Waals surface area contributed by atoms with Gasteiger partial charge in [0, 0.05) is 9.90 Å². The molecule has 142 valence electrons. The molecule has 27 heavy (non-hydrogen) atoms. The fraction of sp³-hybridized carbons (Fsp3) is 0.400. The van der Waals surface area contributed by atoms with Gasteiger partial charge in [0.05, 0.1) is 37.6 Å². The fourth-order valence-corrected chi connectivity index (χ4v) is 4.83. The molecule has 0 saturated heterocycles. The van der Waals surface area contributed by atoms with Crippen LogP contribution in [-0.4, -0.2) is 27.4 Å². The summed E-state index contributed by atoms with van der Waals surface area (Å²) >= 11 is 7.49. The number of benzene rings is 1. The number of aliphatic hydroxyl groups is 1. The monoisotopic (exact) mass is 404 g/mol. The molecule has 0 bridgehead atoms. The molecule has 1 aliphatic carbocycles. The number of hydrogen-bond donors (Lipinski definition) is 1. The molecule has 7 heteroatoms. The summed E-state index contributed by atoms with van der Waals surface area (Å²) in [6.07, 6.45) is 5.05. The molecule has 0 saturated carbocycles. The summed E-state index contributed by atoms with van der Waals surface area (Å²) in [6.45, 7) is 0.709. The molecule has 0 unspecified atom stereocenters. The molecule has 0 aliphatic heterocycles. The van der Waals surface area contributed by atoms with Crippen LogP contribution in [-0.2, 0) is 30.7 Å². The Hall–Kier alpha value is -1.73. The van der Waals surface area contributed by atoms with Crippen molar-refractivity contribution in [3.05, 3.63) is 62.0 Å². The number of aromatic nitrogens is 2. The Morgan fingerprint density at radius 3 is 2.85 bits per heavy atom. The van der Waals surface area contributed by atoms with Crippen LogP contribution in [0.25, 0.3) is 10.2 Å². The van der Waals surface area contributed by atoms with Crippen LogP contribution in [0.1, 0.15) is 28.8 Å². The Morgan fingerprint density at radius 1 is 1.26 bits per heavy atom. The summed E-state index contributed by atoms with van der Waals surface area (Å²) < 4.78 is 7.07. The van der Waals surface area contributed by atoms with Gasteiger partial charge in [-0.3, -0.25) is 9.36 Å². The summed E-state index contributed by atoms with van der Waals surface area (Å²) in [5.74, 6) is 0. The van der Waals surface area contributed by atoms with E-state index in [1.54, 1.807) is 23.5 Å². The van der Waals surface area contributed by atoms with Gasteiger partial charge >= 0.3 is 0 Å². The summed E-state index contributed by atoms with van der Waals surface area (Å²) in [5, 5.41) is 11.7. The van der Waals surface area contributed by atoms with Crippen molar-refractivity contribution in [2.24, 2.45) is 0 Å². The van der Waals surface area contributed by atoms with Gasteiger partial charge in [0.15, 0.2) is 0 Å². The summed E-state index contributed by atoms with van der Waals surface area (Å²) in [6, 6.07) is 7.38. The molecule has 3 aromatic rings. The first-order valence-electron chi connectivity index (χ1n) is 9.12. The van der Waals surface area contributed by atoms with Crippen LogP contribution in [0.5, 0.6) is 0 Å². The number of rotatable bonds is 6. The number of nitrogens with zero attached hydrogens (tertiary/aromatic N) is 2. The third-order valence-electron chi connectivity index (χ3n) is 4.84. The highest BCUT2D eigenvalue weighted by molar-refractivity contribution is 7.18. The third-order valence-corrected chi connectivity index (χ3v) is 6.29. The normalized spacial score (nSPS) is 15.0. The highest BCUT2D eigenvalue weighted by Gasteiger charge is 2.20. The molecular weight excluding hydrogens is 384 g/mol.